The molecule has 1 aliphatic heterocycles. The summed E-state index contributed by atoms with van der Waals surface area (Å²) in [4.78, 5) is 17.7. The van der Waals surface area contributed by atoms with Gasteiger partial charge in [-0.25, -0.2) is 22.0 Å². The first-order valence-corrected chi connectivity index (χ1v) is 10.5. The summed E-state index contributed by atoms with van der Waals surface area (Å²) >= 11 is 6.05. The van der Waals surface area contributed by atoms with Gasteiger partial charge in [-0.15, -0.1) is 0 Å². The van der Waals surface area contributed by atoms with Gasteiger partial charge in [0.2, 0.25) is 9.84 Å². The van der Waals surface area contributed by atoms with Crippen molar-refractivity contribution in [1.29, 1.82) is 0 Å². The minimum atomic E-state index is -3.95. The third kappa shape index (κ3) is 4.25. The fourth-order valence-electron chi connectivity index (χ4n) is 3.03. The van der Waals surface area contributed by atoms with Crippen molar-refractivity contribution in [3.63, 3.8) is 0 Å². The Morgan fingerprint density at radius 2 is 1.86 bits per heavy atom. The minimum absolute atomic E-state index is 0.0604. The topological polar surface area (TPSA) is 79.4 Å². The van der Waals surface area contributed by atoms with Crippen LogP contribution in [-0.4, -0.2) is 43.4 Å². The monoisotopic (exact) mass is 429 g/mol. The number of rotatable bonds is 4. The van der Waals surface area contributed by atoms with Crippen LogP contribution in [0.2, 0.25) is 5.02 Å². The number of nitrogens with one attached hydrogen (secondary N) is 1. The second-order valence-corrected chi connectivity index (χ2v) is 8.79. The van der Waals surface area contributed by atoms with Crippen LogP contribution in [0, 0.1) is 0 Å². The Balaban J connectivity index is 1.62. The van der Waals surface area contributed by atoms with Gasteiger partial charge >= 0.3 is 6.03 Å². The Bertz CT molecular complexity index is 962. The first-order chi connectivity index (χ1) is 13.2. The highest BCUT2D eigenvalue weighted by molar-refractivity contribution is 7.91. The van der Waals surface area contributed by atoms with Crippen LogP contribution < -0.4 is 5.32 Å². The number of aromatic nitrogens is 1. The van der Waals surface area contributed by atoms with E-state index >= 15 is 4.39 Å². The maximum Gasteiger partial charge on any atom is 0.321 e. The van der Waals surface area contributed by atoms with E-state index in [4.69, 9.17) is 11.6 Å². The molecule has 1 N–H and O–H groups in total. The summed E-state index contributed by atoms with van der Waals surface area (Å²) in [6.07, 6.45) is 1.60. The number of likely N-dealkylation sites (tertiary alicyclic amines) is 1. The largest absolute Gasteiger partial charge is 0.324 e. The van der Waals surface area contributed by atoms with E-state index in [2.05, 4.69) is 10.3 Å². The molecular weight excluding hydrogens is 412 g/mol. The lowest BCUT2D eigenvalue weighted by molar-refractivity contribution is 0.0684. The molecule has 3 rings (SSSR count). The summed E-state index contributed by atoms with van der Waals surface area (Å²) < 4.78 is 50.7. The Morgan fingerprint density at radius 1 is 1.21 bits per heavy atom. The number of nitrogens with zero attached hydrogens (tertiary/aromatic N) is 2. The molecule has 150 valence electrons. The number of halogens is 3. The number of hydrogen-bond acceptors (Lipinski definition) is 4. The van der Waals surface area contributed by atoms with Gasteiger partial charge in [0.15, 0.2) is 11.7 Å². The average molecular weight is 430 g/mol. The summed E-state index contributed by atoms with van der Waals surface area (Å²) in [6, 6.07) is 6.47. The van der Waals surface area contributed by atoms with E-state index in [0.717, 1.165) is 0 Å². The molecule has 0 radical (unpaired) electrons. The zero-order chi connectivity index (χ0) is 20.4. The maximum atomic E-state index is 15.2. The molecule has 28 heavy (non-hydrogen) atoms. The van der Waals surface area contributed by atoms with Crippen LogP contribution in [0.4, 0.5) is 19.3 Å². The molecule has 1 saturated heterocycles. The van der Waals surface area contributed by atoms with Crippen molar-refractivity contribution in [3.8, 4) is 0 Å². The lowest BCUT2D eigenvalue weighted by Crippen LogP contribution is -2.45. The standard InChI is InChI=1S/C18H18ClF2N3O3S/c19-15-2-1-9-22-16(15)18(21)7-10-24(11-8-18)17(25)23-13-3-5-14(6-4-13)28(26,27)12-20/h1-6,9H,7-8,10-12H2,(H,23,25). The van der Waals surface area contributed by atoms with Gasteiger partial charge in [-0.1, -0.05) is 11.6 Å². The molecule has 2 aromatic rings. The van der Waals surface area contributed by atoms with Crippen molar-refractivity contribution in [2.24, 2.45) is 0 Å². The lowest BCUT2D eigenvalue weighted by Gasteiger charge is -2.36. The van der Waals surface area contributed by atoms with Gasteiger partial charge in [-0.05, 0) is 36.4 Å². The number of hydrogen-bond donors (Lipinski definition) is 1. The van der Waals surface area contributed by atoms with Crippen LogP contribution in [0.15, 0.2) is 47.5 Å². The molecule has 0 saturated carbocycles. The number of pyridine rings is 1. The molecule has 0 unspecified atom stereocenters. The number of urea groups is 1. The Morgan fingerprint density at radius 3 is 2.43 bits per heavy atom. The van der Waals surface area contributed by atoms with Crippen LogP contribution in [0.5, 0.6) is 0 Å². The van der Waals surface area contributed by atoms with Crippen molar-refractivity contribution >= 4 is 33.2 Å². The summed E-state index contributed by atoms with van der Waals surface area (Å²) in [5.74, 6) is 0. The van der Waals surface area contributed by atoms with Crippen LogP contribution in [0.1, 0.15) is 18.5 Å². The highest BCUT2D eigenvalue weighted by Gasteiger charge is 2.40. The van der Waals surface area contributed by atoms with Gasteiger partial charge in [0, 0.05) is 37.8 Å². The number of amides is 2. The SMILES string of the molecule is O=C(Nc1ccc(S(=O)(=O)CF)cc1)N1CCC(F)(c2ncccc2Cl)CC1. The lowest BCUT2D eigenvalue weighted by atomic mass is 9.89. The van der Waals surface area contributed by atoms with Crippen molar-refractivity contribution in [1.82, 2.24) is 9.88 Å². The highest BCUT2D eigenvalue weighted by Crippen LogP contribution is 2.39. The van der Waals surface area contributed by atoms with E-state index in [9.17, 15) is 17.6 Å². The number of sulfone groups is 1. The molecule has 1 aliphatic rings. The number of carbonyl (C=O) groups excluding carboxylic acids is 1. The van der Waals surface area contributed by atoms with E-state index in [1.54, 1.807) is 12.1 Å². The Kier molecular flexibility index (Phi) is 5.85. The van der Waals surface area contributed by atoms with Crippen molar-refractivity contribution < 1.29 is 22.0 Å². The predicted molar refractivity (Wildman–Crippen MR) is 101 cm³/mol. The molecule has 0 bridgehead atoms. The number of benzene rings is 1. The van der Waals surface area contributed by atoms with Gasteiger partial charge in [0.25, 0.3) is 0 Å². The minimum Gasteiger partial charge on any atom is -0.324 e. The van der Waals surface area contributed by atoms with Gasteiger partial charge in [0.05, 0.1) is 15.6 Å². The molecule has 10 heteroatoms. The van der Waals surface area contributed by atoms with E-state index in [1.165, 1.54) is 35.4 Å². The number of carbonyl (C=O) groups is 1. The third-order valence-electron chi connectivity index (χ3n) is 4.63. The molecule has 2 amide bonds. The van der Waals surface area contributed by atoms with Crippen molar-refractivity contribution in [2.45, 2.75) is 23.4 Å². The number of anilines is 1. The molecule has 0 atom stereocenters. The van der Waals surface area contributed by atoms with Crippen molar-refractivity contribution in [2.75, 3.05) is 24.4 Å². The fourth-order valence-corrected chi connectivity index (χ4v) is 4.00. The van der Waals surface area contributed by atoms with Gasteiger partial charge in [-0.3, -0.25) is 4.98 Å². The van der Waals surface area contributed by atoms with E-state index in [-0.39, 0.29) is 41.5 Å². The normalized spacial score (nSPS) is 16.6. The zero-order valence-corrected chi connectivity index (χ0v) is 16.3. The molecule has 1 fully saturated rings. The van der Waals surface area contributed by atoms with E-state index in [0.29, 0.717) is 5.69 Å². The molecule has 6 nitrogen and oxygen atoms in total. The van der Waals surface area contributed by atoms with Crippen molar-refractivity contribution in [3.05, 3.63) is 53.3 Å². The molecule has 2 heterocycles. The quantitative estimate of drug-likeness (QED) is 0.798. The third-order valence-corrected chi connectivity index (χ3v) is 6.22. The number of piperidine rings is 1. The summed E-state index contributed by atoms with van der Waals surface area (Å²) in [5.41, 5.74) is -1.16. The van der Waals surface area contributed by atoms with Crippen LogP contribution in [0.3, 0.4) is 0 Å². The first kappa shape index (κ1) is 20.5. The highest BCUT2D eigenvalue weighted by atomic mass is 35.5. The predicted octanol–water partition coefficient (Wildman–Crippen LogP) is 3.93. The van der Waals surface area contributed by atoms with Gasteiger partial charge < -0.3 is 10.2 Å². The van der Waals surface area contributed by atoms with E-state index < -0.39 is 27.5 Å². The Hall–Kier alpha value is -2.26. The smallest absolute Gasteiger partial charge is 0.321 e. The Labute approximate surface area is 166 Å². The van der Waals surface area contributed by atoms with Crippen LogP contribution >= 0.6 is 11.6 Å². The zero-order valence-electron chi connectivity index (χ0n) is 14.7. The van der Waals surface area contributed by atoms with E-state index in [1.807, 2.05) is 0 Å². The summed E-state index contributed by atoms with van der Waals surface area (Å²) in [6.45, 7) is 0.340. The van der Waals surface area contributed by atoms with Gasteiger partial charge in [-0.2, -0.15) is 0 Å². The van der Waals surface area contributed by atoms with Crippen LogP contribution in [-0.2, 0) is 15.5 Å². The maximum absolute atomic E-state index is 15.2. The van der Waals surface area contributed by atoms with Gasteiger partial charge in [0.1, 0.15) is 0 Å². The number of alkyl halides is 2. The second-order valence-electron chi connectivity index (χ2n) is 6.46. The van der Waals surface area contributed by atoms with Crippen LogP contribution in [0.25, 0.3) is 0 Å². The molecule has 1 aromatic carbocycles. The summed E-state index contributed by atoms with van der Waals surface area (Å²) in [5, 5.41) is 2.88. The molecule has 0 aliphatic carbocycles. The second kappa shape index (κ2) is 8.00. The fraction of sp³-hybridized carbons (Fsp3) is 0.333. The summed E-state index contributed by atoms with van der Waals surface area (Å²) in [7, 11) is -3.95. The molecule has 1 aromatic heterocycles. The average Bonchev–Trinajstić information content (AvgIpc) is 2.69. The molecule has 0 spiro atoms. The first-order valence-electron chi connectivity index (χ1n) is 8.50. The molecular formula is C18H18ClF2N3O3S.